The van der Waals surface area contributed by atoms with E-state index in [0.717, 1.165) is 17.6 Å². The summed E-state index contributed by atoms with van der Waals surface area (Å²) in [6.07, 6.45) is 0. The van der Waals surface area contributed by atoms with E-state index in [0.29, 0.717) is 0 Å². The minimum atomic E-state index is -0.593. The predicted molar refractivity (Wildman–Crippen MR) is 59.3 cm³/mol. The molecule has 0 saturated carbocycles. The van der Waals surface area contributed by atoms with Crippen molar-refractivity contribution in [2.75, 3.05) is 5.32 Å². The van der Waals surface area contributed by atoms with Gasteiger partial charge in [-0.05, 0) is 29.7 Å². The van der Waals surface area contributed by atoms with Gasteiger partial charge in [0.15, 0.2) is 5.69 Å². The fourth-order valence-electron chi connectivity index (χ4n) is 1.04. The molecule has 0 unspecified atom stereocenters. The van der Waals surface area contributed by atoms with Crippen LogP contribution in [-0.4, -0.2) is 15.5 Å². The number of rotatable bonds is 2. The van der Waals surface area contributed by atoms with Crippen LogP contribution in [0, 0.1) is 5.82 Å². The number of nitrogens with one attached hydrogen (secondary N) is 1. The molecule has 0 atom stereocenters. The first-order chi connectivity index (χ1) is 7.66. The first kappa shape index (κ1) is 11.0. The van der Waals surface area contributed by atoms with Gasteiger partial charge < -0.3 is 5.32 Å². The van der Waals surface area contributed by atoms with Crippen molar-refractivity contribution in [2.24, 2.45) is 0 Å². The van der Waals surface area contributed by atoms with Gasteiger partial charge in [-0.25, -0.2) is 4.39 Å². The predicted octanol–water partition coefficient (Wildman–Crippen LogP) is 2.58. The van der Waals surface area contributed by atoms with Gasteiger partial charge in [0.1, 0.15) is 5.82 Å². The van der Waals surface area contributed by atoms with Crippen LogP contribution in [0.1, 0.15) is 10.5 Å². The number of carbonyl (C=O) groups is 1. The van der Waals surface area contributed by atoms with Gasteiger partial charge in [-0.15, -0.1) is 5.10 Å². The van der Waals surface area contributed by atoms with Gasteiger partial charge in [-0.1, -0.05) is 16.1 Å². The molecule has 0 radical (unpaired) electrons. The van der Waals surface area contributed by atoms with Gasteiger partial charge in [-0.2, -0.15) is 0 Å². The summed E-state index contributed by atoms with van der Waals surface area (Å²) in [5.41, 5.74) is 0.210. The van der Waals surface area contributed by atoms with Gasteiger partial charge >= 0.3 is 0 Å². The maximum Gasteiger partial charge on any atom is 0.277 e. The summed E-state index contributed by atoms with van der Waals surface area (Å²) < 4.78 is 16.9. The number of hydrogen-bond donors (Lipinski definition) is 1. The van der Waals surface area contributed by atoms with Crippen LogP contribution in [0.5, 0.6) is 0 Å². The molecule has 0 aliphatic carbocycles. The third kappa shape index (κ3) is 2.34. The fourth-order valence-corrected chi connectivity index (χ4v) is 1.64. The number of nitrogens with zero attached hydrogens (tertiary/aromatic N) is 2. The van der Waals surface area contributed by atoms with Crippen molar-refractivity contribution in [2.45, 2.75) is 0 Å². The topological polar surface area (TPSA) is 54.9 Å². The molecule has 4 nitrogen and oxygen atoms in total. The summed E-state index contributed by atoms with van der Waals surface area (Å²) in [6, 6.07) is 3.99. The lowest BCUT2D eigenvalue weighted by Gasteiger charge is -2.04. The SMILES string of the molecule is O=C(Nc1ccc(Cl)cc1F)c1csnn1. The molecule has 16 heavy (non-hydrogen) atoms. The number of anilines is 1. The highest BCUT2D eigenvalue weighted by Crippen LogP contribution is 2.19. The van der Waals surface area contributed by atoms with Crippen LogP contribution in [0.4, 0.5) is 10.1 Å². The molecular weight excluding hydrogens is 253 g/mol. The zero-order chi connectivity index (χ0) is 11.5. The highest BCUT2D eigenvalue weighted by molar-refractivity contribution is 7.03. The maximum absolute atomic E-state index is 13.3. The molecule has 2 aromatic rings. The number of halogens is 2. The zero-order valence-electron chi connectivity index (χ0n) is 7.78. The molecule has 82 valence electrons. The van der Waals surface area contributed by atoms with E-state index in [1.165, 1.54) is 17.5 Å². The Morgan fingerprint density at radius 2 is 2.31 bits per heavy atom. The molecule has 0 aliphatic rings. The second kappa shape index (κ2) is 4.54. The van der Waals surface area contributed by atoms with E-state index in [1.807, 2.05) is 0 Å². The van der Waals surface area contributed by atoms with E-state index in [4.69, 9.17) is 11.6 Å². The number of benzene rings is 1. The smallest absolute Gasteiger partial charge is 0.277 e. The average molecular weight is 258 g/mol. The van der Waals surface area contributed by atoms with Gasteiger partial charge in [-0.3, -0.25) is 4.79 Å². The second-order valence-electron chi connectivity index (χ2n) is 2.87. The van der Waals surface area contributed by atoms with E-state index in [-0.39, 0.29) is 16.4 Å². The Kier molecular flexibility index (Phi) is 3.12. The van der Waals surface area contributed by atoms with Crippen LogP contribution in [0.15, 0.2) is 23.6 Å². The van der Waals surface area contributed by atoms with Crippen LogP contribution in [0.3, 0.4) is 0 Å². The average Bonchev–Trinajstić information content (AvgIpc) is 2.75. The zero-order valence-corrected chi connectivity index (χ0v) is 9.35. The molecule has 2 rings (SSSR count). The lowest BCUT2D eigenvalue weighted by atomic mass is 10.3. The number of carbonyl (C=O) groups excluding carboxylic acids is 1. The summed E-state index contributed by atoms with van der Waals surface area (Å²) in [5.74, 6) is -1.10. The molecule has 1 amide bonds. The molecular formula is C9H5ClFN3OS. The van der Waals surface area contributed by atoms with Crippen LogP contribution in [0.2, 0.25) is 5.02 Å². The highest BCUT2D eigenvalue weighted by Gasteiger charge is 2.11. The van der Waals surface area contributed by atoms with Crippen LogP contribution in [0.25, 0.3) is 0 Å². The van der Waals surface area contributed by atoms with E-state index in [1.54, 1.807) is 0 Å². The number of amides is 1. The molecule has 0 saturated heterocycles. The van der Waals surface area contributed by atoms with Crippen molar-refractivity contribution in [3.63, 3.8) is 0 Å². The first-order valence-electron chi connectivity index (χ1n) is 4.20. The molecule has 0 fully saturated rings. The standard InChI is InChI=1S/C9H5ClFN3OS/c10-5-1-2-7(6(11)3-5)12-9(15)8-4-16-14-13-8/h1-4H,(H,12,15). The molecule has 0 bridgehead atoms. The van der Waals surface area contributed by atoms with Crippen LogP contribution in [-0.2, 0) is 0 Å². The Morgan fingerprint density at radius 3 is 2.94 bits per heavy atom. The Labute approximate surface area is 99.2 Å². The van der Waals surface area contributed by atoms with E-state index >= 15 is 0 Å². The lowest BCUT2D eigenvalue weighted by molar-refractivity contribution is 0.102. The van der Waals surface area contributed by atoms with Crippen molar-refractivity contribution in [1.82, 2.24) is 9.59 Å². The minimum absolute atomic E-state index is 0.0578. The minimum Gasteiger partial charge on any atom is -0.318 e. The molecule has 1 N–H and O–H groups in total. The molecule has 1 heterocycles. The van der Waals surface area contributed by atoms with E-state index < -0.39 is 11.7 Å². The van der Waals surface area contributed by atoms with Gasteiger partial charge in [0.05, 0.1) is 5.69 Å². The van der Waals surface area contributed by atoms with Crippen molar-refractivity contribution in [3.8, 4) is 0 Å². The second-order valence-corrected chi connectivity index (χ2v) is 3.91. The Balaban J connectivity index is 2.18. The van der Waals surface area contributed by atoms with Gasteiger partial charge in [0, 0.05) is 10.4 Å². The molecule has 7 heteroatoms. The summed E-state index contributed by atoms with van der Waals surface area (Å²) in [7, 11) is 0. The van der Waals surface area contributed by atoms with E-state index in [9.17, 15) is 9.18 Å². The largest absolute Gasteiger partial charge is 0.318 e. The van der Waals surface area contributed by atoms with Gasteiger partial charge in [0.2, 0.25) is 0 Å². The Morgan fingerprint density at radius 1 is 1.50 bits per heavy atom. The maximum atomic E-state index is 13.3. The van der Waals surface area contributed by atoms with E-state index in [2.05, 4.69) is 14.9 Å². The van der Waals surface area contributed by atoms with Crippen molar-refractivity contribution in [1.29, 1.82) is 0 Å². The molecule has 0 aliphatic heterocycles. The monoisotopic (exact) mass is 257 g/mol. The molecule has 1 aromatic carbocycles. The third-order valence-electron chi connectivity index (χ3n) is 1.77. The Bertz CT molecular complexity index is 517. The summed E-state index contributed by atoms with van der Waals surface area (Å²) in [5, 5.41) is 7.68. The van der Waals surface area contributed by atoms with Gasteiger partial charge in [0.25, 0.3) is 5.91 Å². The molecule has 1 aromatic heterocycles. The van der Waals surface area contributed by atoms with Crippen LogP contribution < -0.4 is 5.32 Å². The highest BCUT2D eigenvalue weighted by atomic mass is 35.5. The number of hydrogen-bond acceptors (Lipinski definition) is 4. The first-order valence-corrected chi connectivity index (χ1v) is 5.42. The van der Waals surface area contributed by atoms with Crippen molar-refractivity contribution < 1.29 is 9.18 Å². The normalized spacial score (nSPS) is 10.1. The summed E-state index contributed by atoms with van der Waals surface area (Å²) >= 11 is 6.63. The molecule has 0 spiro atoms. The van der Waals surface area contributed by atoms with Crippen molar-refractivity contribution in [3.05, 3.63) is 40.1 Å². The van der Waals surface area contributed by atoms with Crippen molar-refractivity contribution >= 4 is 34.7 Å². The lowest BCUT2D eigenvalue weighted by Crippen LogP contribution is -2.13. The Hall–Kier alpha value is -1.53. The quantitative estimate of drug-likeness (QED) is 0.900. The fraction of sp³-hybridized carbons (Fsp3) is 0. The third-order valence-corrected chi connectivity index (χ3v) is 2.51. The number of aromatic nitrogens is 2. The summed E-state index contributed by atoms with van der Waals surface area (Å²) in [6.45, 7) is 0. The van der Waals surface area contributed by atoms with Crippen LogP contribution >= 0.6 is 23.1 Å². The summed E-state index contributed by atoms with van der Waals surface area (Å²) in [4.78, 5) is 11.5.